The van der Waals surface area contributed by atoms with Gasteiger partial charge >= 0.3 is 0 Å². The molecule has 0 N–H and O–H groups in total. The topological polar surface area (TPSA) is 20.3 Å². The van der Waals surface area contributed by atoms with E-state index in [0.29, 0.717) is 6.42 Å². The molecule has 0 unspecified atom stereocenters. The number of hydrogen-bond acceptors (Lipinski definition) is 2. The Morgan fingerprint density at radius 1 is 0.708 bits per heavy atom. The molecule has 2 nitrogen and oxygen atoms in total. The van der Waals surface area contributed by atoms with Crippen molar-refractivity contribution in [1.82, 2.24) is 0 Å². The predicted molar refractivity (Wildman–Crippen MR) is 99.3 cm³/mol. The summed E-state index contributed by atoms with van der Waals surface area (Å²) in [5, 5.41) is 0. The summed E-state index contributed by atoms with van der Waals surface area (Å²) >= 11 is 0. The SMILES string of the molecule is O=C(/C=C/N(c1ccccc1)c1ccccc1)Cc1ccccc1. The molecular formula is C22H19NO. The maximum absolute atomic E-state index is 12.3. The summed E-state index contributed by atoms with van der Waals surface area (Å²) in [6.45, 7) is 0. The highest BCUT2D eigenvalue weighted by Gasteiger charge is 2.06. The zero-order chi connectivity index (χ0) is 16.6. The first-order valence-electron chi connectivity index (χ1n) is 7.97. The van der Waals surface area contributed by atoms with Crippen LogP contribution < -0.4 is 4.90 Å². The molecule has 0 aliphatic rings. The van der Waals surface area contributed by atoms with Crippen molar-refractivity contribution < 1.29 is 4.79 Å². The van der Waals surface area contributed by atoms with Gasteiger partial charge in [0.05, 0.1) is 0 Å². The number of rotatable bonds is 6. The summed E-state index contributed by atoms with van der Waals surface area (Å²) < 4.78 is 0. The molecule has 0 fully saturated rings. The van der Waals surface area contributed by atoms with Crippen molar-refractivity contribution in [3.8, 4) is 0 Å². The van der Waals surface area contributed by atoms with E-state index in [1.165, 1.54) is 0 Å². The molecular weight excluding hydrogens is 294 g/mol. The van der Waals surface area contributed by atoms with Gasteiger partial charge in [-0.25, -0.2) is 0 Å². The fourth-order valence-corrected chi connectivity index (χ4v) is 2.51. The van der Waals surface area contributed by atoms with Gasteiger partial charge in [0.1, 0.15) is 0 Å². The molecule has 0 amide bonds. The first-order valence-corrected chi connectivity index (χ1v) is 7.97. The summed E-state index contributed by atoms with van der Waals surface area (Å²) in [6.07, 6.45) is 3.90. The number of ketones is 1. The molecule has 0 heterocycles. The van der Waals surface area contributed by atoms with Crippen LogP contribution in [0.4, 0.5) is 11.4 Å². The Labute approximate surface area is 142 Å². The average Bonchev–Trinajstić information content (AvgIpc) is 2.64. The van der Waals surface area contributed by atoms with Crippen molar-refractivity contribution >= 4 is 17.2 Å². The van der Waals surface area contributed by atoms with E-state index in [1.807, 2.05) is 102 Å². The summed E-state index contributed by atoms with van der Waals surface area (Å²) in [5.74, 6) is 0.0815. The minimum atomic E-state index is 0.0815. The summed E-state index contributed by atoms with van der Waals surface area (Å²) in [7, 11) is 0. The molecule has 0 saturated heterocycles. The standard InChI is InChI=1S/C22H19NO/c24-22(18-19-10-4-1-5-11-19)16-17-23(20-12-6-2-7-13-20)21-14-8-3-9-15-21/h1-17H,18H2/b17-16+. The normalized spacial score (nSPS) is 10.7. The Hall–Kier alpha value is -3.13. The van der Waals surface area contributed by atoms with Gasteiger partial charge in [0.15, 0.2) is 5.78 Å². The monoisotopic (exact) mass is 313 g/mol. The highest BCUT2D eigenvalue weighted by molar-refractivity contribution is 5.92. The van der Waals surface area contributed by atoms with Crippen LogP contribution in [0.1, 0.15) is 5.56 Å². The smallest absolute Gasteiger partial charge is 0.161 e. The number of para-hydroxylation sites is 2. The quantitative estimate of drug-likeness (QED) is 0.587. The van der Waals surface area contributed by atoms with Crippen LogP contribution in [0, 0.1) is 0 Å². The molecule has 0 aliphatic heterocycles. The van der Waals surface area contributed by atoms with Crippen molar-refractivity contribution in [1.29, 1.82) is 0 Å². The van der Waals surface area contributed by atoms with Crippen molar-refractivity contribution in [3.05, 3.63) is 109 Å². The molecule has 3 aromatic carbocycles. The Balaban J connectivity index is 1.80. The lowest BCUT2D eigenvalue weighted by molar-refractivity contribution is -0.114. The van der Waals surface area contributed by atoms with Gasteiger partial charge in [-0.2, -0.15) is 0 Å². The number of allylic oxidation sites excluding steroid dienone is 1. The number of nitrogens with zero attached hydrogens (tertiary/aromatic N) is 1. The third-order valence-corrected chi connectivity index (χ3v) is 3.70. The number of hydrogen-bond donors (Lipinski definition) is 0. The second kappa shape index (κ2) is 7.93. The van der Waals surface area contributed by atoms with E-state index < -0.39 is 0 Å². The molecule has 0 aromatic heterocycles. The molecule has 3 rings (SSSR count). The molecule has 0 atom stereocenters. The molecule has 0 spiro atoms. The lowest BCUT2D eigenvalue weighted by atomic mass is 10.1. The van der Waals surface area contributed by atoms with Crippen LogP contribution >= 0.6 is 0 Å². The molecule has 0 bridgehead atoms. The Morgan fingerprint density at radius 3 is 1.67 bits per heavy atom. The van der Waals surface area contributed by atoms with Gasteiger partial charge in [-0.3, -0.25) is 4.79 Å². The van der Waals surface area contributed by atoms with Crippen LogP contribution in [0.15, 0.2) is 103 Å². The van der Waals surface area contributed by atoms with Crippen molar-refractivity contribution in [2.45, 2.75) is 6.42 Å². The maximum atomic E-state index is 12.3. The Kier molecular flexibility index (Phi) is 5.21. The van der Waals surface area contributed by atoms with Crippen LogP contribution in [0.2, 0.25) is 0 Å². The van der Waals surface area contributed by atoms with E-state index in [2.05, 4.69) is 0 Å². The van der Waals surface area contributed by atoms with Crippen molar-refractivity contribution in [3.63, 3.8) is 0 Å². The second-order valence-corrected chi connectivity index (χ2v) is 5.49. The summed E-state index contributed by atoms with van der Waals surface area (Å²) in [5.41, 5.74) is 3.07. The van der Waals surface area contributed by atoms with Crippen LogP contribution in [0.3, 0.4) is 0 Å². The molecule has 0 saturated carbocycles. The Bertz CT molecular complexity index is 756. The van der Waals surface area contributed by atoms with Gasteiger partial charge in [-0.1, -0.05) is 66.7 Å². The van der Waals surface area contributed by atoms with Gasteiger partial charge in [0, 0.05) is 24.0 Å². The lowest BCUT2D eigenvalue weighted by Crippen LogP contribution is -2.09. The molecule has 2 heteroatoms. The minimum Gasteiger partial charge on any atom is -0.317 e. The van der Waals surface area contributed by atoms with E-state index in [-0.39, 0.29) is 5.78 Å². The lowest BCUT2D eigenvalue weighted by Gasteiger charge is -2.20. The van der Waals surface area contributed by atoms with E-state index >= 15 is 0 Å². The van der Waals surface area contributed by atoms with Crippen LogP contribution in [0.25, 0.3) is 0 Å². The summed E-state index contributed by atoms with van der Waals surface area (Å²) in [6, 6.07) is 29.8. The summed E-state index contributed by atoms with van der Waals surface area (Å²) in [4.78, 5) is 14.3. The zero-order valence-electron chi connectivity index (χ0n) is 13.4. The predicted octanol–water partition coefficient (Wildman–Crippen LogP) is 5.15. The molecule has 3 aromatic rings. The van der Waals surface area contributed by atoms with Gasteiger partial charge in [-0.05, 0) is 35.9 Å². The third-order valence-electron chi connectivity index (χ3n) is 3.70. The number of benzene rings is 3. The highest BCUT2D eigenvalue weighted by Crippen LogP contribution is 2.25. The van der Waals surface area contributed by atoms with Gasteiger partial charge in [-0.15, -0.1) is 0 Å². The second-order valence-electron chi connectivity index (χ2n) is 5.49. The largest absolute Gasteiger partial charge is 0.317 e. The zero-order valence-corrected chi connectivity index (χ0v) is 13.4. The van der Waals surface area contributed by atoms with Crippen LogP contribution in [-0.2, 0) is 11.2 Å². The van der Waals surface area contributed by atoms with Crippen molar-refractivity contribution in [2.75, 3.05) is 4.90 Å². The third kappa shape index (κ3) is 4.20. The van der Waals surface area contributed by atoms with E-state index in [1.54, 1.807) is 6.08 Å². The van der Waals surface area contributed by atoms with Gasteiger partial charge in [0.25, 0.3) is 0 Å². The van der Waals surface area contributed by atoms with Gasteiger partial charge < -0.3 is 4.90 Å². The number of anilines is 2. The molecule has 24 heavy (non-hydrogen) atoms. The highest BCUT2D eigenvalue weighted by atomic mass is 16.1. The average molecular weight is 313 g/mol. The number of carbonyl (C=O) groups excluding carboxylic acids is 1. The van der Waals surface area contributed by atoms with E-state index in [4.69, 9.17) is 0 Å². The van der Waals surface area contributed by atoms with Gasteiger partial charge in [0.2, 0.25) is 0 Å². The van der Waals surface area contributed by atoms with Crippen LogP contribution in [0.5, 0.6) is 0 Å². The van der Waals surface area contributed by atoms with Crippen LogP contribution in [-0.4, -0.2) is 5.78 Å². The van der Waals surface area contributed by atoms with E-state index in [0.717, 1.165) is 16.9 Å². The molecule has 0 radical (unpaired) electrons. The molecule has 118 valence electrons. The van der Waals surface area contributed by atoms with E-state index in [9.17, 15) is 4.79 Å². The minimum absolute atomic E-state index is 0.0815. The first-order chi connectivity index (χ1) is 11.8. The number of carbonyl (C=O) groups is 1. The maximum Gasteiger partial charge on any atom is 0.161 e. The first kappa shape index (κ1) is 15.8. The fourth-order valence-electron chi connectivity index (χ4n) is 2.51. The molecule has 0 aliphatic carbocycles. The fraction of sp³-hybridized carbons (Fsp3) is 0.0455. The van der Waals surface area contributed by atoms with Crippen molar-refractivity contribution in [2.24, 2.45) is 0 Å². The Morgan fingerprint density at radius 2 is 1.17 bits per heavy atom.